The number of pyridine rings is 1. The molecule has 0 saturated heterocycles. The summed E-state index contributed by atoms with van der Waals surface area (Å²) < 4.78 is 0. The van der Waals surface area contributed by atoms with Crippen molar-refractivity contribution in [3.63, 3.8) is 0 Å². The fourth-order valence-electron chi connectivity index (χ4n) is 2.65. The van der Waals surface area contributed by atoms with Gasteiger partial charge in [0, 0.05) is 31.1 Å². The largest absolute Gasteiger partial charge is 0.323 e. The van der Waals surface area contributed by atoms with Crippen molar-refractivity contribution in [2.45, 2.75) is 12.6 Å². The highest BCUT2D eigenvalue weighted by molar-refractivity contribution is 6.34. The van der Waals surface area contributed by atoms with Gasteiger partial charge in [-0.2, -0.15) is 0 Å². The van der Waals surface area contributed by atoms with E-state index in [9.17, 15) is 14.9 Å². The zero-order valence-electron chi connectivity index (χ0n) is 14.7. The number of carbonyl (C=O) groups excluding carboxylic acids is 1. The third kappa shape index (κ3) is 4.91. The molecule has 0 radical (unpaired) electrons. The van der Waals surface area contributed by atoms with Crippen molar-refractivity contribution in [2.75, 3.05) is 5.32 Å². The number of nitro benzene ring substituents is 1. The Morgan fingerprint density at radius 3 is 2.57 bits per heavy atom. The molecule has 2 N–H and O–H groups in total. The second-order valence-corrected chi connectivity index (χ2v) is 6.40. The van der Waals surface area contributed by atoms with Gasteiger partial charge in [-0.1, -0.05) is 48.0 Å². The third-order valence-electron chi connectivity index (χ3n) is 4.05. The summed E-state index contributed by atoms with van der Waals surface area (Å²) in [6, 6.07) is 16.3. The van der Waals surface area contributed by atoms with E-state index < -0.39 is 11.0 Å². The van der Waals surface area contributed by atoms with Crippen LogP contribution in [-0.2, 0) is 11.3 Å². The van der Waals surface area contributed by atoms with E-state index in [1.54, 1.807) is 12.4 Å². The smallest absolute Gasteiger partial charge is 0.271 e. The van der Waals surface area contributed by atoms with Crippen LogP contribution in [0.25, 0.3) is 0 Å². The van der Waals surface area contributed by atoms with Crippen molar-refractivity contribution in [3.8, 4) is 0 Å². The van der Waals surface area contributed by atoms with Crippen molar-refractivity contribution in [3.05, 3.63) is 99.3 Å². The summed E-state index contributed by atoms with van der Waals surface area (Å²) in [6.45, 7) is 0.439. The lowest BCUT2D eigenvalue weighted by atomic mass is 10.1. The molecule has 3 rings (SSSR count). The third-order valence-corrected chi connectivity index (χ3v) is 4.36. The van der Waals surface area contributed by atoms with E-state index in [1.807, 2.05) is 42.5 Å². The average Bonchev–Trinajstić information content (AvgIpc) is 2.71. The second kappa shape index (κ2) is 9.07. The summed E-state index contributed by atoms with van der Waals surface area (Å²) in [5.41, 5.74) is 1.88. The number of halogens is 1. The van der Waals surface area contributed by atoms with Gasteiger partial charge in [-0.15, -0.1) is 0 Å². The summed E-state index contributed by atoms with van der Waals surface area (Å²) in [5, 5.41) is 16.9. The van der Waals surface area contributed by atoms with E-state index in [0.29, 0.717) is 12.2 Å². The van der Waals surface area contributed by atoms with E-state index in [4.69, 9.17) is 11.6 Å². The molecule has 1 aromatic heterocycles. The minimum Gasteiger partial charge on any atom is -0.323 e. The lowest BCUT2D eigenvalue weighted by Gasteiger charge is -2.19. The van der Waals surface area contributed by atoms with Gasteiger partial charge in [0.05, 0.1) is 15.6 Å². The number of aromatic nitrogens is 1. The predicted molar refractivity (Wildman–Crippen MR) is 107 cm³/mol. The SMILES string of the molecule is O=C(Nc1ccc([N+](=O)[O-])cc1Cl)[C@@H](NCc1cccnc1)c1ccccc1. The second-order valence-electron chi connectivity index (χ2n) is 6.00. The molecule has 142 valence electrons. The fourth-order valence-corrected chi connectivity index (χ4v) is 2.88. The molecule has 0 bridgehead atoms. The number of carbonyl (C=O) groups is 1. The molecule has 0 saturated carbocycles. The highest BCUT2D eigenvalue weighted by Gasteiger charge is 2.21. The number of hydrogen-bond acceptors (Lipinski definition) is 5. The Balaban J connectivity index is 1.79. The van der Waals surface area contributed by atoms with E-state index >= 15 is 0 Å². The molecule has 1 amide bonds. The lowest BCUT2D eigenvalue weighted by Crippen LogP contribution is -2.32. The van der Waals surface area contributed by atoms with Crippen LogP contribution in [0.15, 0.2) is 73.1 Å². The van der Waals surface area contributed by atoms with Gasteiger partial charge in [0.25, 0.3) is 5.69 Å². The maximum absolute atomic E-state index is 12.9. The monoisotopic (exact) mass is 396 g/mol. The molecule has 7 nitrogen and oxygen atoms in total. The lowest BCUT2D eigenvalue weighted by molar-refractivity contribution is -0.384. The summed E-state index contributed by atoms with van der Waals surface area (Å²) in [6.07, 6.45) is 3.40. The molecule has 0 aliphatic heterocycles. The van der Waals surface area contributed by atoms with Gasteiger partial charge in [0.1, 0.15) is 6.04 Å². The Bertz CT molecular complexity index is 968. The first-order valence-corrected chi connectivity index (χ1v) is 8.84. The Morgan fingerprint density at radius 1 is 1.14 bits per heavy atom. The molecule has 8 heteroatoms. The average molecular weight is 397 g/mol. The maximum Gasteiger partial charge on any atom is 0.271 e. The van der Waals surface area contributed by atoms with Crippen LogP contribution in [0.4, 0.5) is 11.4 Å². The van der Waals surface area contributed by atoms with Crippen molar-refractivity contribution in [1.82, 2.24) is 10.3 Å². The Hall–Kier alpha value is -3.29. The standard InChI is InChI=1S/C20H17ClN4O3/c21-17-11-16(25(27)28)8-9-18(17)24-20(26)19(15-6-2-1-3-7-15)23-13-14-5-4-10-22-12-14/h1-12,19,23H,13H2,(H,24,26)/t19-/m0/s1. The van der Waals surface area contributed by atoms with Gasteiger partial charge in [0.2, 0.25) is 5.91 Å². The van der Waals surface area contributed by atoms with Crippen molar-refractivity contribution in [2.24, 2.45) is 0 Å². The molecule has 1 atom stereocenters. The molecule has 0 fully saturated rings. The first kappa shape index (κ1) is 19.5. The molecule has 0 spiro atoms. The van der Waals surface area contributed by atoms with Gasteiger partial charge >= 0.3 is 0 Å². The van der Waals surface area contributed by atoms with Crippen LogP contribution in [0.3, 0.4) is 0 Å². The van der Waals surface area contributed by atoms with Crippen LogP contribution in [-0.4, -0.2) is 15.8 Å². The number of anilines is 1. The fraction of sp³-hybridized carbons (Fsp3) is 0.100. The number of nitrogens with one attached hydrogen (secondary N) is 2. The number of non-ortho nitro benzene ring substituents is 1. The summed E-state index contributed by atoms with van der Waals surface area (Å²) >= 11 is 6.09. The van der Waals surface area contributed by atoms with Gasteiger partial charge < -0.3 is 5.32 Å². The van der Waals surface area contributed by atoms with Crippen molar-refractivity contribution < 1.29 is 9.72 Å². The van der Waals surface area contributed by atoms with Crippen molar-refractivity contribution in [1.29, 1.82) is 0 Å². The van der Waals surface area contributed by atoms with Crippen molar-refractivity contribution >= 4 is 28.9 Å². The molecule has 0 aliphatic rings. The maximum atomic E-state index is 12.9. The Labute approximate surface area is 166 Å². The number of nitro groups is 1. The number of rotatable bonds is 7. The molecule has 28 heavy (non-hydrogen) atoms. The first-order valence-electron chi connectivity index (χ1n) is 8.46. The Kier molecular flexibility index (Phi) is 6.31. The topological polar surface area (TPSA) is 97.2 Å². The van der Waals surface area contributed by atoms with Crippen LogP contribution in [0.5, 0.6) is 0 Å². The van der Waals surface area contributed by atoms with Crippen LogP contribution < -0.4 is 10.6 Å². The van der Waals surface area contributed by atoms with E-state index in [0.717, 1.165) is 11.1 Å². The molecule has 0 unspecified atom stereocenters. The summed E-state index contributed by atoms with van der Waals surface area (Å²) in [7, 11) is 0. The normalized spacial score (nSPS) is 11.6. The molecular weight excluding hydrogens is 380 g/mol. The highest BCUT2D eigenvalue weighted by Crippen LogP contribution is 2.27. The number of nitrogens with zero attached hydrogens (tertiary/aromatic N) is 2. The molecule has 1 heterocycles. The van der Waals surface area contributed by atoms with Gasteiger partial charge in [-0.3, -0.25) is 25.2 Å². The van der Waals surface area contributed by atoms with Crippen LogP contribution >= 0.6 is 11.6 Å². The van der Waals surface area contributed by atoms with E-state index in [1.165, 1.54) is 18.2 Å². The van der Waals surface area contributed by atoms with Gasteiger partial charge in [-0.25, -0.2) is 0 Å². The number of hydrogen-bond donors (Lipinski definition) is 2. The van der Waals surface area contributed by atoms with E-state index in [-0.39, 0.29) is 16.6 Å². The Morgan fingerprint density at radius 2 is 1.93 bits per heavy atom. The quantitative estimate of drug-likeness (QED) is 0.462. The minimum atomic E-state index is -0.646. The van der Waals surface area contributed by atoms with Gasteiger partial charge in [-0.05, 0) is 23.3 Å². The molecule has 3 aromatic rings. The number of amides is 1. The van der Waals surface area contributed by atoms with E-state index in [2.05, 4.69) is 15.6 Å². The number of benzene rings is 2. The summed E-state index contributed by atoms with van der Waals surface area (Å²) in [4.78, 5) is 27.3. The molecule has 0 aliphatic carbocycles. The zero-order valence-corrected chi connectivity index (χ0v) is 15.5. The predicted octanol–water partition coefficient (Wildman–Crippen LogP) is 4.11. The minimum absolute atomic E-state index is 0.0987. The summed E-state index contributed by atoms with van der Waals surface area (Å²) in [5.74, 6) is -0.328. The molecule has 2 aromatic carbocycles. The molecular formula is C20H17ClN4O3. The van der Waals surface area contributed by atoms with Crippen LogP contribution in [0.2, 0.25) is 5.02 Å². The highest BCUT2D eigenvalue weighted by atomic mass is 35.5. The zero-order chi connectivity index (χ0) is 19.9. The first-order chi connectivity index (χ1) is 13.5. The van der Waals surface area contributed by atoms with Gasteiger partial charge in [0.15, 0.2) is 0 Å². The van der Waals surface area contributed by atoms with Crippen LogP contribution in [0.1, 0.15) is 17.2 Å². The van der Waals surface area contributed by atoms with Crippen LogP contribution in [0, 0.1) is 10.1 Å².